The largest absolute Gasteiger partial charge is 0.361 e. The Kier molecular flexibility index (Phi) is 2.06. The van der Waals surface area contributed by atoms with Gasteiger partial charge in [-0.15, -0.1) is 0 Å². The summed E-state index contributed by atoms with van der Waals surface area (Å²) >= 11 is 0. The van der Waals surface area contributed by atoms with Crippen molar-refractivity contribution in [3.8, 4) is 0 Å². The lowest BCUT2D eigenvalue weighted by Crippen LogP contribution is -2.40. The van der Waals surface area contributed by atoms with Gasteiger partial charge in [0.2, 0.25) is 0 Å². The molecule has 0 radical (unpaired) electrons. The van der Waals surface area contributed by atoms with Gasteiger partial charge in [0.05, 0.1) is 5.54 Å². The number of para-hydroxylation sites is 1. The number of rotatable bonds is 2. The summed E-state index contributed by atoms with van der Waals surface area (Å²) in [5.41, 5.74) is 13.5. The van der Waals surface area contributed by atoms with Crippen LogP contribution in [-0.4, -0.2) is 11.5 Å². The quantitative estimate of drug-likeness (QED) is 0.666. The Hall–Kier alpha value is -1.32. The van der Waals surface area contributed by atoms with E-state index in [1.54, 1.807) is 0 Å². The molecule has 1 unspecified atom stereocenters. The average Bonchev–Trinajstić information content (AvgIpc) is 2.61. The number of nitrogens with one attached hydrogen (secondary N) is 1. The van der Waals surface area contributed by atoms with Crippen LogP contribution in [0.5, 0.6) is 0 Å². The smallest absolute Gasteiger partial charge is 0.0526 e. The Bertz CT molecular complexity index is 442. The van der Waals surface area contributed by atoms with Crippen LogP contribution < -0.4 is 11.5 Å². The summed E-state index contributed by atoms with van der Waals surface area (Å²) in [6, 6.07) is 8.10. The van der Waals surface area contributed by atoms with Crippen molar-refractivity contribution in [2.75, 3.05) is 6.54 Å². The van der Waals surface area contributed by atoms with Crippen LogP contribution in [0.2, 0.25) is 0 Å². The molecule has 0 amide bonds. The molecule has 0 aliphatic heterocycles. The van der Waals surface area contributed by atoms with Crippen LogP contribution in [0, 0.1) is 0 Å². The second kappa shape index (κ2) is 3.12. The third-order valence-corrected chi connectivity index (χ3v) is 2.63. The fourth-order valence-corrected chi connectivity index (χ4v) is 1.65. The maximum Gasteiger partial charge on any atom is 0.0526 e. The van der Waals surface area contributed by atoms with E-state index in [1.807, 2.05) is 31.3 Å². The lowest BCUT2D eigenvalue weighted by molar-refractivity contribution is 0.512. The van der Waals surface area contributed by atoms with E-state index in [2.05, 4.69) is 11.1 Å². The lowest BCUT2D eigenvalue weighted by atomic mass is 9.93. The topological polar surface area (TPSA) is 67.8 Å². The molecular formula is C11H15N3. The highest BCUT2D eigenvalue weighted by molar-refractivity contribution is 5.84. The summed E-state index contributed by atoms with van der Waals surface area (Å²) in [5, 5.41) is 1.16. The molecule has 1 heterocycles. The number of H-pyrrole nitrogens is 1. The van der Waals surface area contributed by atoms with Gasteiger partial charge in [0, 0.05) is 23.6 Å². The predicted octanol–water partition coefficient (Wildman–Crippen LogP) is 1.30. The molecule has 5 N–H and O–H groups in total. The number of nitrogens with two attached hydrogens (primary N) is 2. The zero-order chi connectivity index (χ0) is 10.2. The molecule has 0 fully saturated rings. The second-order valence-electron chi connectivity index (χ2n) is 3.87. The van der Waals surface area contributed by atoms with Gasteiger partial charge in [-0.25, -0.2) is 0 Å². The van der Waals surface area contributed by atoms with Crippen LogP contribution in [0.1, 0.15) is 12.5 Å². The maximum absolute atomic E-state index is 6.10. The standard InChI is InChI=1S/C11H15N3/c1-11(13,7-12)9-6-14-10-5-3-2-4-8(9)10/h2-6,14H,7,12-13H2,1H3. The highest BCUT2D eigenvalue weighted by Crippen LogP contribution is 2.25. The highest BCUT2D eigenvalue weighted by Gasteiger charge is 2.22. The van der Waals surface area contributed by atoms with Crippen LogP contribution in [0.3, 0.4) is 0 Å². The van der Waals surface area contributed by atoms with Gasteiger partial charge in [0.25, 0.3) is 0 Å². The van der Waals surface area contributed by atoms with Gasteiger partial charge in [-0.1, -0.05) is 18.2 Å². The van der Waals surface area contributed by atoms with Crippen molar-refractivity contribution in [3.63, 3.8) is 0 Å². The summed E-state index contributed by atoms with van der Waals surface area (Å²) in [7, 11) is 0. The van der Waals surface area contributed by atoms with E-state index in [0.717, 1.165) is 16.5 Å². The van der Waals surface area contributed by atoms with Gasteiger partial charge in [-0.05, 0) is 18.6 Å². The molecule has 0 aliphatic carbocycles. The summed E-state index contributed by atoms with van der Waals surface area (Å²) in [4.78, 5) is 3.19. The molecule has 0 saturated carbocycles. The van der Waals surface area contributed by atoms with Crippen LogP contribution in [0.15, 0.2) is 30.5 Å². The second-order valence-corrected chi connectivity index (χ2v) is 3.87. The molecule has 14 heavy (non-hydrogen) atoms. The average molecular weight is 189 g/mol. The molecule has 0 spiro atoms. The summed E-state index contributed by atoms with van der Waals surface area (Å²) in [5.74, 6) is 0. The minimum absolute atomic E-state index is 0.439. The zero-order valence-corrected chi connectivity index (χ0v) is 8.25. The molecule has 1 atom stereocenters. The van der Waals surface area contributed by atoms with Crippen molar-refractivity contribution in [3.05, 3.63) is 36.0 Å². The Labute approximate surface area is 83.1 Å². The Morgan fingerprint density at radius 3 is 2.79 bits per heavy atom. The maximum atomic E-state index is 6.10. The van der Waals surface area contributed by atoms with Crippen molar-refractivity contribution in [1.29, 1.82) is 0 Å². The first-order valence-electron chi connectivity index (χ1n) is 4.71. The molecule has 0 saturated heterocycles. The van der Waals surface area contributed by atoms with E-state index in [4.69, 9.17) is 11.5 Å². The molecule has 1 aromatic carbocycles. The number of fused-ring (bicyclic) bond motifs is 1. The minimum atomic E-state index is -0.459. The van der Waals surface area contributed by atoms with E-state index in [9.17, 15) is 0 Å². The van der Waals surface area contributed by atoms with E-state index in [1.165, 1.54) is 0 Å². The Morgan fingerprint density at radius 1 is 1.36 bits per heavy atom. The monoisotopic (exact) mass is 189 g/mol. The van der Waals surface area contributed by atoms with Gasteiger partial charge in [0.1, 0.15) is 0 Å². The SMILES string of the molecule is CC(N)(CN)c1c[nH]c2ccccc12. The van der Waals surface area contributed by atoms with Gasteiger partial charge in [-0.3, -0.25) is 0 Å². The number of hydrogen-bond acceptors (Lipinski definition) is 2. The third kappa shape index (κ3) is 1.31. The Balaban J connectivity index is 2.64. The minimum Gasteiger partial charge on any atom is -0.361 e. The molecule has 2 rings (SSSR count). The van der Waals surface area contributed by atoms with Crippen molar-refractivity contribution in [2.24, 2.45) is 11.5 Å². The predicted molar refractivity (Wildman–Crippen MR) is 58.9 cm³/mol. The molecule has 0 bridgehead atoms. The van der Waals surface area contributed by atoms with Gasteiger partial charge in [0.15, 0.2) is 0 Å². The molecule has 0 aliphatic rings. The summed E-state index contributed by atoms with van der Waals surface area (Å²) < 4.78 is 0. The van der Waals surface area contributed by atoms with Gasteiger partial charge < -0.3 is 16.5 Å². The third-order valence-electron chi connectivity index (χ3n) is 2.63. The van der Waals surface area contributed by atoms with Crippen molar-refractivity contribution in [2.45, 2.75) is 12.5 Å². The first kappa shape index (κ1) is 9.24. The lowest BCUT2D eigenvalue weighted by Gasteiger charge is -2.21. The normalized spacial score (nSPS) is 15.6. The first-order chi connectivity index (χ1) is 6.65. The number of aromatic amines is 1. The van der Waals surface area contributed by atoms with E-state index in [0.29, 0.717) is 6.54 Å². The van der Waals surface area contributed by atoms with Crippen molar-refractivity contribution >= 4 is 10.9 Å². The van der Waals surface area contributed by atoms with E-state index >= 15 is 0 Å². The molecule has 3 heteroatoms. The van der Waals surface area contributed by atoms with Crippen LogP contribution in [-0.2, 0) is 5.54 Å². The summed E-state index contributed by atoms with van der Waals surface area (Å²) in [6.45, 7) is 2.39. The molecular weight excluding hydrogens is 174 g/mol. The van der Waals surface area contributed by atoms with Gasteiger partial charge in [-0.2, -0.15) is 0 Å². The molecule has 74 valence electrons. The van der Waals surface area contributed by atoms with Gasteiger partial charge >= 0.3 is 0 Å². The zero-order valence-electron chi connectivity index (χ0n) is 8.25. The van der Waals surface area contributed by atoms with Crippen molar-refractivity contribution < 1.29 is 0 Å². The van der Waals surface area contributed by atoms with Crippen LogP contribution in [0.25, 0.3) is 10.9 Å². The number of hydrogen-bond donors (Lipinski definition) is 3. The Morgan fingerprint density at radius 2 is 2.07 bits per heavy atom. The molecule has 2 aromatic rings. The fourth-order valence-electron chi connectivity index (χ4n) is 1.65. The first-order valence-corrected chi connectivity index (χ1v) is 4.71. The number of benzene rings is 1. The fraction of sp³-hybridized carbons (Fsp3) is 0.273. The van der Waals surface area contributed by atoms with E-state index < -0.39 is 5.54 Å². The summed E-state index contributed by atoms with van der Waals surface area (Å²) in [6.07, 6.45) is 1.94. The highest BCUT2D eigenvalue weighted by atomic mass is 14.8. The molecule has 1 aromatic heterocycles. The van der Waals surface area contributed by atoms with Crippen molar-refractivity contribution in [1.82, 2.24) is 4.98 Å². The van der Waals surface area contributed by atoms with E-state index in [-0.39, 0.29) is 0 Å². The number of aromatic nitrogens is 1. The van der Waals surface area contributed by atoms with Crippen LogP contribution in [0.4, 0.5) is 0 Å². The van der Waals surface area contributed by atoms with Crippen LogP contribution >= 0.6 is 0 Å². The molecule has 3 nitrogen and oxygen atoms in total.